The van der Waals surface area contributed by atoms with Crippen LogP contribution < -0.4 is 19.7 Å². The molecule has 1 heterocycles. The number of hydrogen-bond donors (Lipinski definition) is 1. The Labute approximate surface area is 211 Å². The molecule has 0 radical (unpaired) electrons. The van der Waals surface area contributed by atoms with Crippen molar-refractivity contribution in [3.63, 3.8) is 0 Å². The van der Waals surface area contributed by atoms with Crippen LogP contribution in [-0.2, 0) is 11.4 Å². The van der Waals surface area contributed by atoms with Crippen LogP contribution in [0.3, 0.4) is 0 Å². The standard InChI is InChI=1S/C26H22BrClN2O4/c1-3-33-23-13-18(21(27)14-24(23)34-15-17-6-4-5-16(2)11-17)12-22-25(31)30(26(32)29-22)20-9-7-19(28)8-10-20/h4-14H,3,15H2,1-2H3,(H,29,32)/b22-12+. The summed E-state index contributed by atoms with van der Waals surface area (Å²) in [6.45, 7) is 4.75. The smallest absolute Gasteiger partial charge is 0.333 e. The topological polar surface area (TPSA) is 67.9 Å². The van der Waals surface area contributed by atoms with Crippen molar-refractivity contribution in [2.75, 3.05) is 11.5 Å². The van der Waals surface area contributed by atoms with Crippen LogP contribution >= 0.6 is 27.5 Å². The highest BCUT2D eigenvalue weighted by molar-refractivity contribution is 9.10. The molecule has 0 atom stereocenters. The Balaban J connectivity index is 1.60. The van der Waals surface area contributed by atoms with Gasteiger partial charge in [0.2, 0.25) is 0 Å². The molecule has 1 fully saturated rings. The molecule has 1 aliphatic heterocycles. The van der Waals surface area contributed by atoms with Crippen molar-refractivity contribution in [2.45, 2.75) is 20.5 Å². The van der Waals surface area contributed by atoms with Crippen molar-refractivity contribution in [1.29, 1.82) is 0 Å². The molecule has 3 aromatic carbocycles. The fourth-order valence-corrected chi connectivity index (χ4v) is 4.08. The van der Waals surface area contributed by atoms with E-state index in [4.69, 9.17) is 21.1 Å². The third-order valence-electron chi connectivity index (χ3n) is 5.10. The van der Waals surface area contributed by atoms with Gasteiger partial charge in [0.25, 0.3) is 5.91 Å². The number of nitrogens with zero attached hydrogens (tertiary/aromatic N) is 1. The van der Waals surface area contributed by atoms with Gasteiger partial charge in [-0.25, -0.2) is 9.69 Å². The molecule has 6 nitrogen and oxygen atoms in total. The number of anilines is 1. The van der Waals surface area contributed by atoms with Crippen molar-refractivity contribution in [2.24, 2.45) is 0 Å². The molecule has 34 heavy (non-hydrogen) atoms. The molecule has 0 spiro atoms. The van der Waals surface area contributed by atoms with E-state index >= 15 is 0 Å². The van der Waals surface area contributed by atoms with Crippen molar-refractivity contribution >= 4 is 51.2 Å². The number of amides is 3. The van der Waals surface area contributed by atoms with Crippen LogP contribution in [0.15, 0.2) is 70.8 Å². The predicted molar refractivity (Wildman–Crippen MR) is 136 cm³/mol. The summed E-state index contributed by atoms with van der Waals surface area (Å²) in [5, 5.41) is 3.15. The first-order valence-corrected chi connectivity index (χ1v) is 11.8. The second kappa shape index (κ2) is 10.3. The number of nitrogens with one attached hydrogen (secondary N) is 1. The third-order valence-corrected chi connectivity index (χ3v) is 6.04. The molecule has 3 aromatic rings. The van der Waals surface area contributed by atoms with Gasteiger partial charge in [-0.1, -0.05) is 57.4 Å². The predicted octanol–water partition coefficient (Wildman–Crippen LogP) is 6.49. The highest BCUT2D eigenvalue weighted by Crippen LogP contribution is 2.36. The fraction of sp³-hybridized carbons (Fsp3) is 0.154. The quantitative estimate of drug-likeness (QED) is 0.274. The minimum absolute atomic E-state index is 0.150. The number of carbonyl (C=O) groups is 2. The van der Waals surface area contributed by atoms with E-state index in [0.29, 0.717) is 45.5 Å². The van der Waals surface area contributed by atoms with Crippen LogP contribution in [0.5, 0.6) is 11.5 Å². The van der Waals surface area contributed by atoms with Crippen LogP contribution in [0.4, 0.5) is 10.5 Å². The third kappa shape index (κ3) is 5.26. The zero-order chi connectivity index (χ0) is 24.2. The van der Waals surface area contributed by atoms with E-state index in [2.05, 4.69) is 27.3 Å². The molecule has 0 aromatic heterocycles. The fourth-order valence-electron chi connectivity index (χ4n) is 3.52. The lowest BCUT2D eigenvalue weighted by Crippen LogP contribution is -2.30. The minimum atomic E-state index is -0.530. The number of aryl methyl sites for hydroxylation is 1. The molecule has 0 aliphatic carbocycles. The summed E-state index contributed by atoms with van der Waals surface area (Å²) < 4.78 is 12.5. The first-order valence-electron chi connectivity index (χ1n) is 10.6. The minimum Gasteiger partial charge on any atom is -0.490 e. The zero-order valence-electron chi connectivity index (χ0n) is 18.6. The number of halogens is 2. The number of hydrogen-bond acceptors (Lipinski definition) is 4. The van der Waals surface area contributed by atoms with Gasteiger partial charge in [-0.15, -0.1) is 0 Å². The number of imide groups is 1. The summed E-state index contributed by atoms with van der Waals surface area (Å²) in [5.41, 5.74) is 3.45. The maximum Gasteiger partial charge on any atom is 0.333 e. The molecule has 4 rings (SSSR count). The van der Waals surface area contributed by atoms with E-state index in [1.165, 1.54) is 0 Å². The number of ether oxygens (including phenoxy) is 2. The van der Waals surface area contributed by atoms with Gasteiger partial charge in [0, 0.05) is 9.50 Å². The van der Waals surface area contributed by atoms with Gasteiger partial charge in [-0.2, -0.15) is 0 Å². The maximum absolute atomic E-state index is 13.0. The van der Waals surface area contributed by atoms with E-state index in [0.717, 1.165) is 16.0 Å². The first kappa shape index (κ1) is 23.9. The highest BCUT2D eigenvalue weighted by atomic mass is 79.9. The Morgan fingerprint density at radius 2 is 1.76 bits per heavy atom. The molecule has 1 saturated heterocycles. The Kier molecular flexibility index (Phi) is 7.24. The Morgan fingerprint density at radius 1 is 1.03 bits per heavy atom. The summed E-state index contributed by atoms with van der Waals surface area (Å²) in [6, 6.07) is 17.6. The monoisotopic (exact) mass is 540 g/mol. The van der Waals surface area contributed by atoms with Crippen LogP contribution in [0.1, 0.15) is 23.6 Å². The summed E-state index contributed by atoms with van der Waals surface area (Å²) in [4.78, 5) is 26.5. The van der Waals surface area contributed by atoms with Gasteiger partial charge < -0.3 is 14.8 Å². The first-order chi connectivity index (χ1) is 16.4. The van der Waals surface area contributed by atoms with Crippen molar-refractivity contribution < 1.29 is 19.1 Å². The molecule has 3 amide bonds. The molecule has 1 aliphatic rings. The van der Waals surface area contributed by atoms with Crippen molar-refractivity contribution in [1.82, 2.24) is 5.32 Å². The van der Waals surface area contributed by atoms with Gasteiger partial charge in [-0.3, -0.25) is 4.79 Å². The van der Waals surface area contributed by atoms with Crippen molar-refractivity contribution in [3.05, 3.63) is 92.5 Å². The molecule has 8 heteroatoms. The Morgan fingerprint density at radius 3 is 2.47 bits per heavy atom. The average Bonchev–Trinajstić information content (AvgIpc) is 3.08. The molecule has 0 bridgehead atoms. The largest absolute Gasteiger partial charge is 0.490 e. The second-order valence-corrected chi connectivity index (χ2v) is 8.93. The Bertz CT molecular complexity index is 1270. The Hall–Kier alpha value is -3.29. The lowest BCUT2D eigenvalue weighted by Gasteiger charge is -2.14. The summed E-state index contributed by atoms with van der Waals surface area (Å²) in [6.07, 6.45) is 1.60. The van der Waals surface area contributed by atoms with Gasteiger partial charge in [0.05, 0.1) is 12.3 Å². The van der Waals surface area contributed by atoms with Gasteiger partial charge in [0.15, 0.2) is 11.5 Å². The van der Waals surface area contributed by atoms with Gasteiger partial charge >= 0.3 is 6.03 Å². The molecule has 0 saturated carbocycles. The number of rotatable bonds is 7. The number of carbonyl (C=O) groups excluding carboxylic acids is 2. The van der Waals surface area contributed by atoms with Crippen molar-refractivity contribution in [3.8, 4) is 11.5 Å². The van der Waals surface area contributed by atoms with Crippen LogP contribution in [-0.4, -0.2) is 18.5 Å². The highest BCUT2D eigenvalue weighted by Gasteiger charge is 2.35. The van der Waals surface area contributed by atoms with Crippen LogP contribution in [0.25, 0.3) is 6.08 Å². The van der Waals surface area contributed by atoms with E-state index in [9.17, 15) is 9.59 Å². The average molecular weight is 542 g/mol. The molecular formula is C26H22BrClN2O4. The normalized spacial score (nSPS) is 14.5. The summed E-state index contributed by atoms with van der Waals surface area (Å²) in [5.74, 6) is 0.649. The zero-order valence-corrected chi connectivity index (χ0v) is 20.9. The van der Waals surface area contributed by atoms with E-state index in [1.807, 2.05) is 32.0 Å². The molecule has 174 valence electrons. The summed E-state index contributed by atoms with van der Waals surface area (Å²) >= 11 is 9.47. The van der Waals surface area contributed by atoms with E-state index in [1.54, 1.807) is 42.5 Å². The second-order valence-electron chi connectivity index (χ2n) is 7.64. The maximum atomic E-state index is 13.0. The lowest BCUT2D eigenvalue weighted by molar-refractivity contribution is -0.113. The molecule has 0 unspecified atom stereocenters. The molecular weight excluding hydrogens is 520 g/mol. The lowest BCUT2D eigenvalue weighted by atomic mass is 10.1. The van der Waals surface area contributed by atoms with Crippen LogP contribution in [0, 0.1) is 6.92 Å². The van der Waals surface area contributed by atoms with Gasteiger partial charge in [0.1, 0.15) is 12.3 Å². The van der Waals surface area contributed by atoms with E-state index < -0.39 is 11.9 Å². The summed E-state index contributed by atoms with van der Waals surface area (Å²) in [7, 11) is 0. The molecule has 1 N–H and O–H groups in total. The number of urea groups is 1. The van der Waals surface area contributed by atoms with E-state index in [-0.39, 0.29) is 5.70 Å². The SMILES string of the molecule is CCOc1cc(/C=C2/NC(=O)N(c3ccc(Cl)cc3)C2=O)c(Br)cc1OCc1cccc(C)c1. The number of benzene rings is 3. The van der Waals surface area contributed by atoms with Crippen LogP contribution in [0.2, 0.25) is 5.02 Å². The van der Waals surface area contributed by atoms with Gasteiger partial charge in [-0.05, 0) is 67.4 Å².